The van der Waals surface area contributed by atoms with Crippen molar-refractivity contribution in [2.24, 2.45) is 0 Å². The van der Waals surface area contributed by atoms with Gasteiger partial charge in [0.25, 0.3) is 0 Å². The molecule has 0 spiro atoms. The molecule has 0 aromatic heterocycles. The molecule has 0 radical (unpaired) electrons. The zero-order valence-corrected chi connectivity index (χ0v) is 15.9. The third kappa shape index (κ3) is 4.47. The molecule has 0 saturated carbocycles. The second-order valence-electron chi connectivity index (χ2n) is 7.38. The van der Waals surface area contributed by atoms with Crippen molar-refractivity contribution >= 4 is 17.4 Å². The Morgan fingerprint density at radius 2 is 1.63 bits per heavy atom. The summed E-state index contributed by atoms with van der Waals surface area (Å²) in [5.41, 5.74) is 2.54. The molecule has 148 valence electrons. The van der Waals surface area contributed by atoms with Crippen LogP contribution in [-0.2, 0) is 9.47 Å². The number of urea groups is 1. The van der Waals surface area contributed by atoms with Gasteiger partial charge in [-0.15, -0.1) is 0 Å². The number of carbonyl (C=O) groups excluding carboxylic acids is 1. The lowest BCUT2D eigenvalue weighted by molar-refractivity contribution is 0.108. The predicted octanol–water partition coefficient (Wildman–Crippen LogP) is 1.53. The molecule has 1 aromatic rings. The number of benzene rings is 1. The molecule has 1 N–H and O–H groups in total. The number of morpholine rings is 1. The molecule has 7 nitrogen and oxygen atoms in total. The van der Waals surface area contributed by atoms with Gasteiger partial charge in [0.1, 0.15) is 0 Å². The van der Waals surface area contributed by atoms with E-state index in [-0.39, 0.29) is 12.1 Å². The molecule has 0 aliphatic carbocycles. The number of hydrogen-bond donors (Lipinski definition) is 1. The van der Waals surface area contributed by atoms with Crippen molar-refractivity contribution < 1.29 is 14.3 Å². The summed E-state index contributed by atoms with van der Waals surface area (Å²) < 4.78 is 11.1. The summed E-state index contributed by atoms with van der Waals surface area (Å²) >= 11 is 0. The monoisotopic (exact) mass is 374 g/mol. The summed E-state index contributed by atoms with van der Waals surface area (Å²) in [6.45, 7) is 8.08. The molecule has 3 aliphatic heterocycles. The summed E-state index contributed by atoms with van der Waals surface area (Å²) in [7, 11) is 0. The SMILES string of the molecule is O=C(NCC1CCCO1)N1CCN(c2ccccc2N2CCOCC2)CC1. The number of para-hydroxylation sites is 2. The van der Waals surface area contributed by atoms with Crippen LogP contribution in [0.3, 0.4) is 0 Å². The maximum Gasteiger partial charge on any atom is 0.317 e. The van der Waals surface area contributed by atoms with Crippen molar-refractivity contribution in [2.75, 3.05) is 75.4 Å². The summed E-state index contributed by atoms with van der Waals surface area (Å²) in [5.74, 6) is 0. The average Bonchev–Trinajstić information content (AvgIpc) is 3.26. The number of nitrogens with one attached hydrogen (secondary N) is 1. The zero-order chi connectivity index (χ0) is 18.5. The minimum Gasteiger partial charge on any atom is -0.378 e. The van der Waals surface area contributed by atoms with Gasteiger partial charge in [-0.1, -0.05) is 12.1 Å². The Morgan fingerprint density at radius 1 is 0.963 bits per heavy atom. The van der Waals surface area contributed by atoms with Crippen LogP contribution in [0.2, 0.25) is 0 Å². The van der Waals surface area contributed by atoms with E-state index < -0.39 is 0 Å². The summed E-state index contributed by atoms with van der Waals surface area (Å²) in [4.78, 5) is 19.2. The van der Waals surface area contributed by atoms with E-state index in [1.165, 1.54) is 11.4 Å². The Labute approximate surface area is 161 Å². The molecule has 1 unspecified atom stereocenters. The highest BCUT2D eigenvalue weighted by atomic mass is 16.5. The molecule has 3 fully saturated rings. The normalized spacial score (nSPS) is 23.6. The molecular formula is C20H30N4O3. The van der Waals surface area contributed by atoms with E-state index in [4.69, 9.17) is 9.47 Å². The maximum absolute atomic E-state index is 12.4. The molecule has 7 heteroatoms. The van der Waals surface area contributed by atoms with Gasteiger partial charge in [-0.05, 0) is 25.0 Å². The molecule has 2 amide bonds. The van der Waals surface area contributed by atoms with Gasteiger partial charge in [0.05, 0.1) is 30.7 Å². The number of carbonyl (C=O) groups is 1. The van der Waals surface area contributed by atoms with Crippen molar-refractivity contribution in [2.45, 2.75) is 18.9 Å². The summed E-state index contributed by atoms with van der Waals surface area (Å²) in [6, 6.07) is 8.62. The van der Waals surface area contributed by atoms with Gasteiger partial charge in [0.2, 0.25) is 0 Å². The van der Waals surface area contributed by atoms with Crippen LogP contribution in [0, 0.1) is 0 Å². The second-order valence-corrected chi connectivity index (χ2v) is 7.38. The number of rotatable bonds is 4. The van der Waals surface area contributed by atoms with Crippen molar-refractivity contribution in [3.05, 3.63) is 24.3 Å². The van der Waals surface area contributed by atoms with Gasteiger partial charge in [-0.2, -0.15) is 0 Å². The first-order valence-corrected chi connectivity index (χ1v) is 10.1. The van der Waals surface area contributed by atoms with Gasteiger partial charge in [-0.3, -0.25) is 0 Å². The second kappa shape index (κ2) is 8.80. The predicted molar refractivity (Wildman–Crippen MR) is 106 cm³/mol. The molecule has 3 saturated heterocycles. The minimum atomic E-state index is 0.0339. The lowest BCUT2D eigenvalue weighted by Crippen LogP contribution is -2.53. The highest BCUT2D eigenvalue weighted by Gasteiger charge is 2.25. The Morgan fingerprint density at radius 3 is 2.26 bits per heavy atom. The van der Waals surface area contributed by atoms with Gasteiger partial charge in [0, 0.05) is 52.4 Å². The van der Waals surface area contributed by atoms with Crippen LogP contribution < -0.4 is 15.1 Å². The quantitative estimate of drug-likeness (QED) is 0.866. The van der Waals surface area contributed by atoms with Crippen molar-refractivity contribution in [1.29, 1.82) is 0 Å². The third-order valence-electron chi connectivity index (χ3n) is 5.65. The van der Waals surface area contributed by atoms with E-state index in [0.29, 0.717) is 6.54 Å². The van der Waals surface area contributed by atoms with Crippen LogP contribution in [0.1, 0.15) is 12.8 Å². The van der Waals surface area contributed by atoms with Gasteiger partial charge >= 0.3 is 6.03 Å². The first kappa shape index (κ1) is 18.4. The van der Waals surface area contributed by atoms with Crippen LogP contribution in [0.25, 0.3) is 0 Å². The zero-order valence-electron chi connectivity index (χ0n) is 15.9. The lowest BCUT2D eigenvalue weighted by Gasteiger charge is -2.39. The molecule has 0 bridgehead atoms. The first-order chi connectivity index (χ1) is 13.3. The summed E-state index contributed by atoms with van der Waals surface area (Å²) in [5, 5.41) is 3.03. The van der Waals surface area contributed by atoms with Crippen LogP contribution in [-0.4, -0.2) is 82.7 Å². The van der Waals surface area contributed by atoms with E-state index in [1.807, 2.05) is 4.90 Å². The molecular weight excluding hydrogens is 344 g/mol. The third-order valence-corrected chi connectivity index (χ3v) is 5.65. The van der Waals surface area contributed by atoms with Crippen LogP contribution in [0.4, 0.5) is 16.2 Å². The number of anilines is 2. The van der Waals surface area contributed by atoms with E-state index in [2.05, 4.69) is 39.4 Å². The van der Waals surface area contributed by atoms with Gasteiger partial charge in [-0.25, -0.2) is 4.79 Å². The maximum atomic E-state index is 12.4. The van der Waals surface area contributed by atoms with Crippen LogP contribution in [0.5, 0.6) is 0 Å². The highest BCUT2D eigenvalue weighted by molar-refractivity contribution is 5.75. The fourth-order valence-electron chi connectivity index (χ4n) is 4.07. The fourth-order valence-corrected chi connectivity index (χ4v) is 4.07. The molecule has 1 aromatic carbocycles. The van der Waals surface area contributed by atoms with E-state index in [9.17, 15) is 4.79 Å². The Bertz CT molecular complexity index is 621. The molecule has 3 aliphatic rings. The van der Waals surface area contributed by atoms with E-state index in [0.717, 1.165) is 71.9 Å². The van der Waals surface area contributed by atoms with Crippen molar-refractivity contribution in [3.63, 3.8) is 0 Å². The number of amides is 2. The Balaban J connectivity index is 1.32. The van der Waals surface area contributed by atoms with Gasteiger partial charge in [0.15, 0.2) is 0 Å². The number of nitrogens with zero attached hydrogens (tertiary/aromatic N) is 3. The van der Waals surface area contributed by atoms with Crippen LogP contribution in [0.15, 0.2) is 24.3 Å². The molecule has 3 heterocycles. The molecule has 4 rings (SSSR count). The number of hydrogen-bond acceptors (Lipinski definition) is 5. The Kier molecular flexibility index (Phi) is 5.99. The highest BCUT2D eigenvalue weighted by Crippen LogP contribution is 2.30. The van der Waals surface area contributed by atoms with Crippen molar-refractivity contribution in [1.82, 2.24) is 10.2 Å². The average molecular weight is 374 g/mol. The topological polar surface area (TPSA) is 57.3 Å². The first-order valence-electron chi connectivity index (χ1n) is 10.1. The van der Waals surface area contributed by atoms with Crippen molar-refractivity contribution in [3.8, 4) is 0 Å². The lowest BCUT2D eigenvalue weighted by atomic mass is 10.2. The molecule has 1 atom stereocenters. The minimum absolute atomic E-state index is 0.0339. The number of ether oxygens (including phenoxy) is 2. The van der Waals surface area contributed by atoms with E-state index in [1.54, 1.807) is 0 Å². The van der Waals surface area contributed by atoms with Crippen LogP contribution >= 0.6 is 0 Å². The standard InChI is InChI=1S/C20H30N4O3/c25-20(21-16-17-4-3-13-27-17)24-9-7-22(8-10-24)18-5-1-2-6-19(18)23-11-14-26-15-12-23/h1-2,5-6,17H,3-4,7-16H2,(H,21,25). The Hall–Kier alpha value is -1.99. The van der Waals surface area contributed by atoms with E-state index >= 15 is 0 Å². The summed E-state index contributed by atoms with van der Waals surface area (Å²) in [6.07, 6.45) is 2.34. The molecule has 27 heavy (non-hydrogen) atoms. The number of piperazine rings is 1. The largest absolute Gasteiger partial charge is 0.378 e. The van der Waals surface area contributed by atoms with Gasteiger partial charge < -0.3 is 29.5 Å². The smallest absolute Gasteiger partial charge is 0.317 e. The fraction of sp³-hybridized carbons (Fsp3) is 0.650.